The third-order valence-corrected chi connectivity index (χ3v) is 2.21. The fourth-order valence-corrected chi connectivity index (χ4v) is 1.36. The number of rotatable bonds is 5. The number of hydrogen-bond acceptors (Lipinski definition) is 4. The largest absolute Gasteiger partial charge is 0.393 e. The van der Waals surface area contributed by atoms with E-state index in [1.807, 2.05) is 26.8 Å². The highest BCUT2D eigenvalue weighted by atomic mass is 16.3. The first kappa shape index (κ1) is 11.9. The minimum Gasteiger partial charge on any atom is -0.393 e. The van der Waals surface area contributed by atoms with Crippen molar-refractivity contribution in [2.75, 3.05) is 11.9 Å². The van der Waals surface area contributed by atoms with E-state index in [9.17, 15) is 5.11 Å². The average Bonchev–Trinajstić information content (AvgIpc) is 2.16. The van der Waals surface area contributed by atoms with Gasteiger partial charge in [0.25, 0.3) is 0 Å². The summed E-state index contributed by atoms with van der Waals surface area (Å²) in [6.07, 6.45) is 1.28. The topological polar surface area (TPSA) is 58.0 Å². The van der Waals surface area contributed by atoms with Crippen molar-refractivity contribution in [1.29, 1.82) is 0 Å². The lowest BCUT2D eigenvalue weighted by Gasteiger charge is -2.09. The number of aliphatic hydroxyl groups is 1. The van der Waals surface area contributed by atoms with Gasteiger partial charge in [-0.05, 0) is 32.8 Å². The van der Waals surface area contributed by atoms with Crippen LogP contribution in [0.5, 0.6) is 0 Å². The van der Waals surface area contributed by atoms with E-state index in [4.69, 9.17) is 0 Å². The van der Waals surface area contributed by atoms with Gasteiger partial charge >= 0.3 is 0 Å². The van der Waals surface area contributed by atoms with E-state index in [1.165, 1.54) is 0 Å². The smallest absolute Gasteiger partial charge is 0.223 e. The van der Waals surface area contributed by atoms with Gasteiger partial charge < -0.3 is 10.4 Å². The standard InChI is InChI=1S/C11H19N3O/c1-4-10(15)5-6-12-11-13-8(2)7-9(3)14-11/h7,10,15H,4-6H2,1-3H3,(H,12,13,14). The van der Waals surface area contributed by atoms with Crippen LogP contribution in [0.1, 0.15) is 31.2 Å². The van der Waals surface area contributed by atoms with E-state index in [0.29, 0.717) is 12.5 Å². The fraction of sp³-hybridized carbons (Fsp3) is 0.636. The highest BCUT2D eigenvalue weighted by molar-refractivity contribution is 5.27. The van der Waals surface area contributed by atoms with Crippen LogP contribution in [0.4, 0.5) is 5.95 Å². The Labute approximate surface area is 90.8 Å². The molecule has 0 aliphatic carbocycles. The van der Waals surface area contributed by atoms with Crippen LogP contribution < -0.4 is 5.32 Å². The summed E-state index contributed by atoms with van der Waals surface area (Å²) in [5.41, 5.74) is 1.92. The van der Waals surface area contributed by atoms with E-state index in [2.05, 4.69) is 15.3 Å². The monoisotopic (exact) mass is 209 g/mol. The summed E-state index contributed by atoms with van der Waals surface area (Å²) in [6, 6.07) is 1.94. The van der Waals surface area contributed by atoms with Crippen molar-refractivity contribution in [3.8, 4) is 0 Å². The van der Waals surface area contributed by atoms with E-state index in [1.54, 1.807) is 0 Å². The highest BCUT2D eigenvalue weighted by Crippen LogP contribution is 2.04. The molecular weight excluding hydrogens is 190 g/mol. The molecule has 0 aliphatic rings. The van der Waals surface area contributed by atoms with E-state index < -0.39 is 0 Å². The zero-order valence-electron chi connectivity index (χ0n) is 9.62. The normalized spacial score (nSPS) is 12.5. The van der Waals surface area contributed by atoms with E-state index >= 15 is 0 Å². The molecule has 0 radical (unpaired) electrons. The van der Waals surface area contributed by atoms with Crippen molar-refractivity contribution >= 4 is 5.95 Å². The van der Waals surface area contributed by atoms with Gasteiger partial charge in [-0.1, -0.05) is 6.92 Å². The van der Waals surface area contributed by atoms with Crippen LogP contribution in [0.3, 0.4) is 0 Å². The second-order valence-electron chi connectivity index (χ2n) is 3.75. The first-order valence-electron chi connectivity index (χ1n) is 5.36. The molecule has 0 aromatic carbocycles. The molecule has 0 saturated heterocycles. The molecule has 4 nitrogen and oxygen atoms in total. The zero-order chi connectivity index (χ0) is 11.3. The lowest BCUT2D eigenvalue weighted by Crippen LogP contribution is -2.14. The number of aromatic nitrogens is 2. The molecule has 4 heteroatoms. The molecule has 1 heterocycles. The van der Waals surface area contributed by atoms with Crippen LogP contribution in [0, 0.1) is 13.8 Å². The number of hydrogen-bond donors (Lipinski definition) is 2. The predicted molar refractivity (Wildman–Crippen MR) is 60.9 cm³/mol. The Hall–Kier alpha value is -1.16. The quantitative estimate of drug-likeness (QED) is 0.774. The second-order valence-corrected chi connectivity index (χ2v) is 3.75. The summed E-state index contributed by atoms with van der Waals surface area (Å²) in [4.78, 5) is 8.51. The molecule has 1 aromatic heterocycles. The zero-order valence-corrected chi connectivity index (χ0v) is 9.62. The van der Waals surface area contributed by atoms with E-state index in [-0.39, 0.29) is 6.10 Å². The van der Waals surface area contributed by atoms with Gasteiger partial charge in [0.05, 0.1) is 6.10 Å². The SMILES string of the molecule is CCC(O)CCNc1nc(C)cc(C)n1. The Bertz CT molecular complexity index is 294. The number of aliphatic hydroxyl groups excluding tert-OH is 1. The Morgan fingerprint density at radius 2 is 1.93 bits per heavy atom. The van der Waals surface area contributed by atoms with Crippen molar-refractivity contribution in [2.45, 2.75) is 39.7 Å². The maximum absolute atomic E-state index is 9.36. The minimum atomic E-state index is -0.233. The van der Waals surface area contributed by atoms with Crippen molar-refractivity contribution in [3.05, 3.63) is 17.5 Å². The maximum atomic E-state index is 9.36. The Morgan fingerprint density at radius 3 is 2.47 bits per heavy atom. The summed E-state index contributed by atoms with van der Waals surface area (Å²) in [7, 11) is 0. The number of anilines is 1. The lowest BCUT2D eigenvalue weighted by atomic mass is 10.2. The molecule has 15 heavy (non-hydrogen) atoms. The Kier molecular flexibility index (Phi) is 4.49. The number of aryl methyl sites for hydroxylation is 2. The van der Waals surface area contributed by atoms with Crippen LogP contribution >= 0.6 is 0 Å². The molecule has 84 valence electrons. The summed E-state index contributed by atoms with van der Waals surface area (Å²) >= 11 is 0. The fourth-order valence-electron chi connectivity index (χ4n) is 1.36. The molecule has 2 N–H and O–H groups in total. The van der Waals surface area contributed by atoms with Crippen molar-refractivity contribution < 1.29 is 5.11 Å². The van der Waals surface area contributed by atoms with Gasteiger partial charge in [-0.25, -0.2) is 9.97 Å². The molecule has 0 bridgehead atoms. The van der Waals surface area contributed by atoms with Crippen LogP contribution in [0.2, 0.25) is 0 Å². The molecule has 0 aliphatic heterocycles. The summed E-state index contributed by atoms with van der Waals surface area (Å²) in [6.45, 7) is 6.57. The van der Waals surface area contributed by atoms with Crippen molar-refractivity contribution in [3.63, 3.8) is 0 Å². The Morgan fingerprint density at radius 1 is 1.33 bits per heavy atom. The lowest BCUT2D eigenvalue weighted by molar-refractivity contribution is 0.164. The number of nitrogens with zero attached hydrogens (tertiary/aromatic N) is 2. The van der Waals surface area contributed by atoms with Gasteiger partial charge in [0.15, 0.2) is 0 Å². The first-order chi connectivity index (χ1) is 7.11. The van der Waals surface area contributed by atoms with E-state index in [0.717, 1.165) is 24.2 Å². The average molecular weight is 209 g/mol. The van der Waals surface area contributed by atoms with Crippen LogP contribution in [-0.2, 0) is 0 Å². The maximum Gasteiger partial charge on any atom is 0.223 e. The predicted octanol–water partition coefficient (Wildman–Crippen LogP) is 1.67. The molecule has 0 fully saturated rings. The van der Waals surface area contributed by atoms with Gasteiger partial charge in [-0.15, -0.1) is 0 Å². The number of nitrogens with one attached hydrogen (secondary N) is 1. The van der Waals surface area contributed by atoms with Crippen molar-refractivity contribution in [1.82, 2.24) is 9.97 Å². The third-order valence-electron chi connectivity index (χ3n) is 2.21. The molecule has 1 atom stereocenters. The molecular formula is C11H19N3O. The van der Waals surface area contributed by atoms with Crippen LogP contribution in [0.15, 0.2) is 6.07 Å². The molecule has 1 rings (SSSR count). The summed E-state index contributed by atoms with van der Waals surface area (Å²) in [5.74, 6) is 0.649. The molecule has 0 amide bonds. The highest BCUT2D eigenvalue weighted by Gasteiger charge is 2.02. The van der Waals surface area contributed by atoms with Crippen molar-refractivity contribution in [2.24, 2.45) is 0 Å². The molecule has 0 spiro atoms. The Balaban J connectivity index is 2.43. The van der Waals surface area contributed by atoms with Gasteiger partial charge in [-0.3, -0.25) is 0 Å². The molecule has 1 aromatic rings. The first-order valence-corrected chi connectivity index (χ1v) is 5.36. The third kappa shape index (κ3) is 4.25. The summed E-state index contributed by atoms with van der Waals surface area (Å²) in [5, 5.41) is 12.5. The molecule has 0 saturated carbocycles. The van der Waals surface area contributed by atoms with Gasteiger partial charge in [0.1, 0.15) is 0 Å². The summed E-state index contributed by atoms with van der Waals surface area (Å²) < 4.78 is 0. The van der Waals surface area contributed by atoms with Gasteiger partial charge in [-0.2, -0.15) is 0 Å². The minimum absolute atomic E-state index is 0.233. The van der Waals surface area contributed by atoms with Gasteiger partial charge in [0.2, 0.25) is 5.95 Å². The molecule has 1 unspecified atom stereocenters. The second kappa shape index (κ2) is 5.66. The van der Waals surface area contributed by atoms with Crippen LogP contribution in [-0.4, -0.2) is 27.7 Å². The van der Waals surface area contributed by atoms with Crippen LogP contribution in [0.25, 0.3) is 0 Å². The van der Waals surface area contributed by atoms with Gasteiger partial charge in [0, 0.05) is 17.9 Å².